The number of aromatic nitrogens is 2. The van der Waals surface area contributed by atoms with Gasteiger partial charge in [-0.3, -0.25) is 5.10 Å². The zero-order valence-corrected chi connectivity index (χ0v) is 12.1. The van der Waals surface area contributed by atoms with Crippen molar-refractivity contribution in [3.63, 3.8) is 0 Å². The highest BCUT2D eigenvalue weighted by Crippen LogP contribution is 2.19. The van der Waals surface area contributed by atoms with Crippen molar-refractivity contribution in [2.24, 2.45) is 0 Å². The van der Waals surface area contributed by atoms with Crippen LogP contribution in [0.3, 0.4) is 0 Å². The molecule has 0 bridgehead atoms. The summed E-state index contributed by atoms with van der Waals surface area (Å²) in [7, 11) is 0. The van der Waals surface area contributed by atoms with Crippen LogP contribution in [0.4, 0.5) is 5.82 Å². The third-order valence-corrected chi connectivity index (χ3v) is 4.11. The van der Waals surface area contributed by atoms with Gasteiger partial charge in [0.05, 0.1) is 5.52 Å². The Balaban J connectivity index is 1.45. The van der Waals surface area contributed by atoms with Crippen LogP contribution in [-0.4, -0.2) is 41.3 Å². The Kier molecular flexibility index (Phi) is 4.53. The van der Waals surface area contributed by atoms with Gasteiger partial charge in [0.1, 0.15) is 0 Å². The molecule has 20 heavy (non-hydrogen) atoms. The number of aromatic amines is 1. The number of anilines is 1. The molecule has 4 nitrogen and oxygen atoms in total. The predicted octanol–water partition coefficient (Wildman–Crippen LogP) is 3.24. The van der Waals surface area contributed by atoms with Crippen LogP contribution in [0.5, 0.6) is 0 Å². The lowest BCUT2D eigenvalue weighted by Crippen LogP contribution is -2.27. The number of nitrogens with one attached hydrogen (secondary N) is 2. The summed E-state index contributed by atoms with van der Waals surface area (Å²) in [6.45, 7) is 4.76. The molecule has 0 amide bonds. The van der Waals surface area contributed by atoms with Gasteiger partial charge in [-0.25, -0.2) is 0 Å². The summed E-state index contributed by atoms with van der Waals surface area (Å²) in [6.07, 6.45) is 6.75. The fourth-order valence-electron chi connectivity index (χ4n) is 2.97. The van der Waals surface area contributed by atoms with Gasteiger partial charge in [0.15, 0.2) is 5.82 Å². The summed E-state index contributed by atoms with van der Waals surface area (Å²) in [5.41, 5.74) is 1.10. The van der Waals surface area contributed by atoms with Gasteiger partial charge in [-0.1, -0.05) is 25.0 Å². The van der Waals surface area contributed by atoms with Gasteiger partial charge < -0.3 is 10.2 Å². The van der Waals surface area contributed by atoms with E-state index >= 15 is 0 Å². The van der Waals surface area contributed by atoms with Crippen molar-refractivity contribution in [1.29, 1.82) is 0 Å². The zero-order valence-electron chi connectivity index (χ0n) is 12.1. The van der Waals surface area contributed by atoms with Gasteiger partial charge in [0.2, 0.25) is 0 Å². The number of para-hydroxylation sites is 1. The summed E-state index contributed by atoms with van der Waals surface area (Å²) in [5.74, 6) is 0.983. The molecule has 3 rings (SSSR count). The molecule has 0 unspecified atom stereocenters. The van der Waals surface area contributed by atoms with E-state index in [0.717, 1.165) is 17.9 Å². The molecule has 108 valence electrons. The number of rotatable bonds is 5. The van der Waals surface area contributed by atoms with Crippen LogP contribution >= 0.6 is 0 Å². The van der Waals surface area contributed by atoms with E-state index in [-0.39, 0.29) is 0 Å². The smallest absolute Gasteiger partial charge is 0.155 e. The molecule has 0 saturated carbocycles. The molecule has 1 aromatic carbocycles. The van der Waals surface area contributed by atoms with Crippen molar-refractivity contribution >= 4 is 16.7 Å². The first-order chi connectivity index (χ1) is 9.93. The minimum absolute atomic E-state index is 0.983. The van der Waals surface area contributed by atoms with Crippen molar-refractivity contribution < 1.29 is 0 Å². The van der Waals surface area contributed by atoms with Crippen LogP contribution in [0.25, 0.3) is 10.9 Å². The normalized spacial score (nSPS) is 17.2. The fraction of sp³-hybridized carbons (Fsp3) is 0.562. The van der Waals surface area contributed by atoms with Gasteiger partial charge in [-0.2, -0.15) is 5.10 Å². The summed E-state index contributed by atoms with van der Waals surface area (Å²) in [5, 5.41) is 12.0. The second-order valence-corrected chi connectivity index (χ2v) is 5.65. The topological polar surface area (TPSA) is 44.0 Å². The number of hydrogen-bond acceptors (Lipinski definition) is 3. The molecule has 0 radical (unpaired) electrons. The molecule has 2 N–H and O–H groups in total. The molecular weight excluding hydrogens is 248 g/mol. The van der Waals surface area contributed by atoms with Crippen LogP contribution < -0.4 is 5.32 Å². The third-order valence-electron chi connectivity index (χ3n) is 4.11. The second kappa shape index (κ2) is 6.75. The maximum Gasteiger partial charge on any atom is 0.155 e. The maximum atomic E-state index is 4.34. The minimum atomic E-state index is 0.983. The maximum absolute atomic E-state index is 4.34. The van der Waals surface area contributed by atoms with Gasteiger partial charge in [-0.15, -0.1) is 0 Å². The highest BCUT2D eigenvalue weighted by molar-refractivity contribution is 5.89. The number of fused-ring (bicyclic) bond motifs is 1. The molecule has 1 aromatic heterocycles. The Morgan fingerprint density at radius 1 is 1.10 bits per heavy atom. The first-order valence-electron chi connectivity index (χ1n) is 7.83. The molecule has 0 aliphatic carbocycles. The Morgan fingerprint density at radius 2 is 1.90 bits per heavy atom. The van der Waals surface area contributed by atoms with E-state index in [1.165, 1.54) is 57.1 Å². The molecule has 1 fully saturated rings. The monoisotopic (exact) mass is 272 g/mol. The number of nitrogens with zero attached hydrogens (tertiary/aromatic N) is 2. The highest BCUT2D eigenvalue weighted by Gasteiger charge is 2.08. The summed E-state index contributed by atoms with van der Waals surface area (Å²) < 4.78 is 0. The van der Waals surface area contributed by atoms with Gasteiger partial charge in [0, 0.05) is 11.9 Å². The Morgan fingerprint density at radius 3 is 2.75 bits per heavy atom. The molecule has 0 atom stereocenters. The SMILES string of the molecule is c1ccc2c(NCCCN3CCCCCC3)n[nH]c2c1. The lowest BCUT2D eigenvalue weighted by Gasteiger charge is -2.19. The van der Waals surface area contributed by atoms with Crippen molar-refractivity contribution in [2.75, 3.05) is 31.5 Å². The molecule has 2 aromatic rings. The molecular formula is C16H24N4. The van der Waals surface area contributed by atoms with Gasteiger partial charge in [-0.05, 0) is 51.0 Å². The average Bonchev–Trinajstić information content (AvgIpc) is 2.71. The van der Waals surface area contributed by atoms with Gasteiger partial charge >= 0.3 is 0 Å². The summed E-state index contributed by atoms with van der Waals surface area (Å²) in [4.78, 5) is 2.61. The number of hydrogen-bond donors (Lipinski definition) is 2. The molecule has 1 aliphatic heterocycles. The molecule has 2 heterocycles. The molecule has 1 aliphatic rings. The first kappa shape index (κ1) is 13.4. The number of likely N-dealkylation sites (tertiary alicyclic amines) is 1. The van der Waals surface area contributed by atoms with Crippen molar-refractivity contribution in [2.45, 2.75) is 32.1 Å². The number of H-pyrrole nitrogens is 1. The largest absolute Gasteiger partial charge is 0.368 e. The molecule has 0 spiro atoms. The third kappa shape index (κ3) is 3.31. The zero-order chi connectivity index (χ0) is 13.6. The van der Waals surface area contributed by atoms with Crippen LogP contribution in [-0.2, 0) is 0 Å². The summed E-state index contributed by atoms with van der Waals surface area (Å²) >= 11 is 0. The highest BCUT2D eigenvalue weighted by atomic mass is 15.2. The van der Waals surface area contributed by atoms with Crippen LogP contribution in [0.1, 0.15) is 32.1 Å². The molecule has 4 heteroatoms. The Hall–Kier alpha value is -1.55. The lowest BCUT2D eigenvalue weighted by molar-refractivity contribution is 0.284. The molecule has 1 saturated heterocycles. The van der Waals surface area contributed by atoms with E-state index in [2.05, 4.69) is 38.6 Å². The minimum Gasteiger partial charge on any atom is -0.368 e. The van der Waals surface area contributed by atoms with Crippen molar-refractivity contribution in [3.05, 3.63) is 24.3 Å². The average molecular weight is 272 g/mol. The quantitative estimate of drug-likeness (QED) is 0.821. The van der Waals surface area contributed by atoms with E-state index in [1.807, 2.05) is 6.07 Å². The van der Waals surface area contributed by atoms with Gasteiger partial charge in [0.25, 0.3) is 0 Å². The predicted molar refractivity (Wildman–Crippen MR) is 84.1 cm³/mol. The van der Waals surface area contributed by atoms with E-state index in [9.17, 15) is 0 Å². The van der Waals surface area contributed by atoms with E-state index in [1.54, 1.807) is 0 Å². The van der Waals surface area contributed by atoms with E-state index in [0.29, 0.717) is 0 Å². The van der Waals surface area contributed by atoms with E-state index in [4.69, 9.17) is 0 Å². The number of benzene rings is 1. The standard InChI is InChI=1S/C16H24N4/c1-2-6-12-20(11-5-1)13-7-10-17-16-14-8-3-4-9-15(14)18-19-16/h3-4,8-9H,1-2,5-7,10-13H2,(H2,17,18,19). The van der Waals surface area contributed by atoms with Crippen molar-refractivity contribution in [3.8, 4) is 0 Å². The van der Waals surface area contributed by atoms with E-state index < -0.39 is 0 Å². The fourth-order valence-corrected chi connectivity index (χ4v) is 2.97. The Labute approximate surface area is 120 Å². The first-order valence-corrected chi connectivity index (χ1v) is 7.83. The Bertz CT molecular complexity index is 526. The summed E-state index contributed by atoms with van der Waals surface area (Å²) in [6, 6.07) is 8.25. The van der Waals surface area contributed by atoms with Crippen LogP contribution in [0, 0.1) is 0 Å². The van der Waals surface area contributed by atoms with Crippen LogP contribution in [0.2, 0.25) is 0 Å². The van der Waals surface area contributed by atoms with Crippen molar-refractivity contribution in [1.82, 2.24) is 15.1 Å². The lowest BCUT2D eigenvalue weighted by atomic mass is 10.2. The van der Waals surface area contributed by atoms with Crippen LogP contribution in [0.15, 0.2) is 24.3 Å². The second-order valence-electron chi connectivity index (χ2n) is 5.65.